The Morgan fingerprint density at radius 2 is 2.00 bits per heavy atom. The van der Waals surface area contributed by atoms with Crippen molar-refractivity contribution in [1.29, 1.82) is 0 Å². The van der Waals surface area contributed by atoms with Crippen LogP contribution in [-0.2, 0) is 4.74 Å². The van der Waals surface area contributed by atoms with Crippen molar-refractivity contribution < 1.29 is 4.74 Å². The lowest BCUT2D eigenvalue weighted by atomic mass is 10.1. The maximum atomic E-state index is 6.51. The SMILES string of the molecule is [C]OC(C)(C)CC. The maximum Gasteiger partial charge on any atom is 0.174 e. The van der Waals surface area contributed by atoms with E-state index in [1.165, 1.54) is 0 Å². The molecule has 3 radical (unpaired) electrons. The van der Waals surface area contributed by atoms with Crippen molar-refractivity contribution in [3.8, 4) is 0 Å². The van der Waals surface area contributed by atoms with Crippen molar-refractivity contribution >= 4 is 0 Å². The molecule has 0 bridgehead atoms. The van der Waals surface area contributed by atoms with Gasteiger partial charge in [0.15, 0.2) is 7.11 Å². The third-order valence-corrected chi connectivity index (χ3v) is 1.13. The average Bonchev–Trinajstić information content (AvgIpc) is 1.68. The van der Waals surface area contributed by atoms with Crippen LogP contribution in [-0.4, -0.2) is 5.60 Å². The Morgan fingerprint density at radius 1 is 1.57 bits per heavy atom. The zero-order valence-electron chi connectivity index (χ0n) is 5.12. The molecule has 7 heavy (non-hydrogen) atoms. The summed E-state index contributed by atoms with van der Waals surface area (Å²) in [6.07, 6.45) is 0.885. The summed E-state index contributed by atoms with van der Waals surface area (Å²) in [6, 6.07) is 0. The second kappa shape index (κ2) is 2.31. The Kier molecular flexibility index (Phi) is 2.30. The summed E-state index contributed by atoms with van der Waals surface area (Å²) in [5.74, 6) is 0. The quantitative estimate of drug-likeness (QED) is 0.512. The van der Waals surface area contributed by atoms with Crippen LogP contribution in [0.25, 0.3) is 0 Å². The predicted molar refractivity (Wildman–Crippen MR) is 28.7 cm³/mol. The highest BCUT2D eigenvalue weighted by Gasteiger charge is 2.11. The van der Waals surface area contributed by atoms with E-state index in [2.05, 4.69) is 4.74 Å². The summed E-state index contributed by atoms with van der Waals surface area (Å²) < 4.78 is 4.34. The summed E-state index contributed by atoms with van der Waals surface area (Å²) in [5.41, 5.74) is -0.250. The minimum absolute atomic E-state index is 0.250. The lowest BCUT2D eigenvalue weighted by molar-refractivity contribution is 0.0488. The van der Waals surface area contributed by atoms with Gasteiger partial charge in [-0.3, -0.25) is 0 Å². The molecule has 0 aliphatic rings. The van der Waals surface area contributed by atoms with Gasteiger partial charge in [0.25, 0.3) is 0 Å². The first-order valence-electron chi connectivity index (χ1n) is 2.47. The highest BCUT2D eigenvalue weighted by Crippen LogP contribution is 2.11. The van der Waals surface area contributed by atoms with Gasteiger partial charge in [-0.05, 0) is 20.3 Å². The lowest BCUT2D eigenvalue weighted by Gasteiger charge is -2.18. The first-order valence-corrected chi connectivity index (χ1v) is 2.47. The van der Waals surface area contributed by atoms with E-state index >= 15 is 0 Å². The Morgan fingerprint density at radius 3 is 2.00 bits per heavy atom. The molecule has 0 saturated carbocycles. The first kappa shape index (κ1) is 6.96. The summed E-state index contributed by atoms with van der Waals surface area (Å²) in [5, 5.41) is 0. The highest BCUT2D eigenvalue weighted by atomic mass is 16.5. The van der Waals surface area contributed by atoms with Gasteiger partial charge in [0.05, 0.1) is 5.60 Å². The summed E-state index contributed by atoms with van der Waals surface area (Å²) in [7, 11) is 6.51. The zero-order valence-corrected chi connectivity index (χ0v) is 5.12. The van der Waals surface area contributed by atoms with E-state index in [0.717, 1.165) is 6.42 Å². The number of hydrogen-bond donors (Lipinski definition) is 0. The molecule has 0 aromatic carbocycles. The van der Waals surface area contributed by atoms with Gasteiger partial charge in [0.2, 0.25) is 0 Å². The van der Waals surface area contributed by atoms with Crippen LogP contribution in [0.15, 0.2) is 0 Å². The van der Waals surface area contributed by atoms with E-state index in [-0.39, 0.29) is 5.60 Å². The highest BCUT2D eigenvalue weighted by molar-refractivity contribution is 4.63. The van der Waals surface area contributed by atoms with Crippen molar-refractivity contribution in [3.63, 3.8) is 0 Å². The summed E-state index contributed by atoms with van der Waals surface area (Å²) in [4.78, 5) is 0. The minimum atomic E-state index is -0.250. The molecular formula is C6H11O. The second-order valence-electron chi connectivity index (χ2n) is 2.22. The van der Waals surface area contributed by atoms with Crippen molar-refractivity contribution in [1.82, 2.24) is 0 Å². The molecule has 0 N–H and O–H groups in total. The maximum absolute atomic E-state index is 6.51. The fraction of sp³-hybridized carbons (Fsp3) is 0.833. The van der Waals surface area contributed by atoms with E-state index < -0.39 is 0 Å². The second-order valence-corrected chi connectivity index (χ2v) is 2.22. The van der Waals surface area contributed by atoms with Gasteiger partial charge in [-0.15, -0.1) is 0 Å². The smallest absolute Gasteiger partial charge is 0.174 e. The van der Waals surface area contributed by atoms with E-state index in [1.807, 2.05) is 20.8 Å². The molecular weight excluding hydrogens is 88.1 g/mol. The van der Waals surface area contributed by atoms with Crippen LogP contribution in [0.5, 0.6) is 0 Å². The fourth-order valence-electron chi connectivity index (χ4n) is 0.0722. The molecule has 0 atom stereocenters. The molecule has 0 rings (SSSR count). The van der Waals surface area contributed by atoms with Gasteiger partial charge < -0.3 is 4.74 Å². The molecule has 0 saturated heterocycles. The fourth-order valence-corrected chi connectivity index (χ4v) is 0.0722. The number of rotatable bonds is 2. The Hall–Kier alpha value is -0.0400. The van der Waals surface area contributed by atoms with Gasteiger partial charge in [-0.25, -0.2) is 0 Å². The van der Waals surface area contributed by atoms with Gasteiger partial charge in [0.1, 0.15) is 0 Å². The molecule has 0 spiro atoms. The Balaban J connectivity index is 3.36. The van der Waals surface area contributed by atoms with Crippen molar-refractivity contribution in [2.75, 3.05) is 0 Å². The van der Waals surface area contributed by atoms with Crippen LogP contribution < -0.4 is 0 Å². The third kappa shape index (κ3) is 2.63. The van der Waals surface area contributed by atoms with Gasteiger partial charge in [-0.2, -0.15) is 0 Å². The van der Waals surface area contributed by atoms with E-state index in [4.69, 9.17) is 7.11 Å². The van der Waals surface area contributed by atoms with E-state index in [0.29, 0.717) is 0 Å². The van der Waals surface area contributed by atoms with E-state index in [1.54, 1.807) is 0 Å². The molecule has 0 aliphatic heterocycles. The standard InChI is InChI=1S/C6H11O/c1-5-6(2,3)7-4/h5H2,1-3H3. The summed E-state index contributed by atoms with van der Waals surface area (Å²) >= 11 is 0. The van der Waals surface area contributed by atoms with Gasteiger partial charge in [-0.1, -0.05) is 6.92 Å². The van der Waals surface area contributed by atoms with Crippen molar-refractivity contribution in [3.05, 3.63) is 7.11 Å². The predicted octanol–water partition coefficient (Wildman–Crippen LogP) is 1.74. The molecule has 0 heterocycles. The molecule has 0 amide bonds. The first-order chi connectivity index (χ1) is 3.12. The van der Waals surface area contributed by atoms with Crippen LogP contribution >= 0.6 is 0 Å². The number of hydrogen-bond acceptors (Lipinski definition) is 1. The van der Waals surface area contributed by atoms with Crippen LogP contribution in [0.4, 0.5) is 0 Å². The molecule has 0 unspecified atom stereocenters. The zero-order chi connectivity index (χ0) is 5.91. The Labute approximate surface area is 45.7 Å². The third-order valence-electron chi connectivity index (χ3n) is 1.13. The molecule has 0 aliphatic carbocycles. The molecule has 0 aromatic heterocycles. The largest absolute Gasteiger partial charge is 0.359 e. The summed E-state index contributed by atoms with van der Waals surface area (Å²) in [6.45, 7) is 5.77. The van der Waals surface area contributed by atoms with Crippen molar-refractivity contribution in [2.45, 2.75) is 32.8 Å². The Bertz CT molecular complexity index is 42.1. The van der Waals surface area contributed by atoms with Crippen LogP contribution in [0, 0.1) is 7.11 Å². The molecule has 1 nitrogen and oxygen atoms in total. The lowest BCUT2D eigenvalue weighted by Crippen LogP contribution is -2.18. The van der Waals surface area contributed by atoms with E-state index in [9.17, 15) is 0 Å². The van der Waals surface area contributed by atoms with Crippen LogP contribution in [0.1, 0.15) is 27.2 Å². The normalized spacial score (nSPS) is 12.0. The van der Waals surface area contributed by atoms with Gasteiger partial charge in [0, 0.05) is 0 Å². The number of ether oxygens (including phenoxy) is 1. The van der Waals surface area contributed by atoms with Crippen LogP contribution in [0.3, 0.4) is 0 Å². The monoisotopic (exact) mass is 99.1 g/mol. The van der Waals surface area contributed by atoms with Crippen molar-refractivity contribution in [2.24, 2.45) is 0 Å². The minimum Gasteiger partial charge on any atom is -0.359 e. The molecule has 0 aromatic rings. The van der Waals surface area contributed by atoms with Gasteiger partial charge >= 0.3 is 0 Å². The molecule has 41 valence electrons. The average molecular weight is 99.2 g/mol. The molecule has 0 fully saturated rings. The van der Waals surface area contributed by atoms with Crippen LogP contribution in [0.2, 0.25) is 0 Å². The topological polar surface area (TPSA) is 9.23 Å². The molecule has 1 heteroatoms.